The molecule has 2 aliphatic rings. The highest BCUT2D eigenvalue weighted by atomic mass is 19.1. The predicted octanol–water partition coefficient (Wildman–Crippen LogP) is 0.652. The van der Waals surface area contributed by atoms with E-state index in [-0.39, 0.29) is 23.8 Å². The van der Waals surface area contributed by atoms with Crippen LogP contribution < -0.4 is 16.2 Å². The van der Waals surface area contributed by atoms with Crippen LogP contribution in [0.3, 0.4) is 0 Å². The maximum absolute atomic E-state index is 13.8. The van der Waals surface area contributed by atoms with Gasteiger partial charge in [0.05, 0.1) is 6.04 Å². The van der Waals surface area contributed by atoms with Crippen molar-refractivity contribution in [2.45, 2.75) is 24.9 Å². The molecule has 2 fully saturated rings. The standard InChI is InChI=1S/C16H20FN5O/c17-13-4-2-1-3-12(13)14-7-15(21-20-14)16(23)19-8-11-5-6-22(9-11)10-18/h1-4,11,14-15,20-21H,5-9H2,(H,19,23). The number of hydrogen-bond acceptors (Lipinski definition) is 5. The Hall–Kier alpha value is -2.17. The monoisotopic (exact) mass is 317 g/mol. The second kappa shape index (κ2) is 6.94. The number of hydrazine groups is 1. The molecule has 3 rings (SSSR count). The van der Waals surface area contributed by atoms with Crippen molar-refractivity contribution in [2.24, 2.45) is 5.92 Å². The number of nitrogens with zero attached hydrogens (tertiary/aromatic N) is 2. The Bertz CT molecular complexity index is 617. The van der Waals surface area contributed by atoms with Crippen LogP contribution in [0.25, 0.3) is 0 Å². The maximum Gasteiger partial charge on any atom is 0.238 e. The second-order valence-corrected chi connectivity index (χ2v) is 6.10. The fourth-order valence-electron chi connectivity index (χ4n) is 3.15. The summed E-state index contributed by atoms with van der Waals surface area (Å²) in [5.74, 6) is -0.0440. The highest BCUT2D eigenvalue weighted by molar-refractivity contribution is 5.82. The van der Waals surface area contributed by atoms with Gasteiger partial charge in [-0.2, -0.15) is 5.26 Å². The molecule has 0 bridgehead atoms. The van der Waals surface area contributed by atoms with Gasteiger partial charge in [-0.25, -0.2) is 15.2 Å². The molecule has 7 heteroatoms. The number of nitriles is 1. The van der Waals surface area contributed by atoms with E-state index >= 15 is 0 Å². The average molecular weight is 317 g/mol. The van der Waals surface area contributed by atoms with Gasteiger partial charge in [0.25, 0.3) is 0 Å². The molecule has 2 saturated heterocycles. The minimum atomic E-state index is -0.381. The number of halogens is 1. The Morgan fingerprint density at radius 2 is 2.26 bits per heavy atom. The number of amides is 1. The van der Waals surface area contributed by atoms with Crippen molar-refractivity contribution in [1.29, 1.82) is 5.26 Å². The summed E-state index contributed by atoms with van der Waals surface area (Å²) in [4.78, 5) is 13.9. The van der Waals surface area contributed by atoms with Gasteiger partial charge in [0.2, 0.25) is 5.91 Å². The summed E-state index contributed by atoms with van der Waals surface area (Å²) in [6, 6.07) is 5.99. The molecular weight excluding hydrogens is 297 g/mol. The lowest BCUT2D eigenvalue weighted by Crippen LogP contribution is -2.44. The molecule has 2 heterocycles. The first-order valence-corrected chi connectivity index (χ1v) is 7.85. The van der Waals surface area contributed by atoms with E-state index in [1.807, 2.05) is 0 Å². The summed E-state index contributed by atoms with van der Waals surface area (Å²) in [7, 11) is 0. The summed E-state index contributed by atoms with van der Waals surface area (Å²) in [6.07, 6.45) is 3.55. The minimum absolute atomic E-state index is 0.0910. The molecule has 3 unspecified atom stereocenters. The molecule has 0 saturated carbocycles. The normalized spacial score (nSPS) is 27.0. The molecule has 0 aliphatic carbocycles. The third-order valence-corrected chi connectivity index (χ3v) is 4.49. The zero-order chi connectivity index (χ0) is 16.2. The largest absolute Gasteiger partial charge is 0.354 e. The molecule has 122 valence electrons. The Morgan fingerprint density at radius 3 is 3.00 bits per heavy atom. The van der Waals surface area contributed by atoms with Gasteiger partial charge in [-0.15, -0.1) is 0 Å². The van der Waals surface area contributed by atoms with Gasteiger partial charge in [0.15, 0.2) is 6.19 Å². The van der Waals surface area contributed by atoms with Crippen LogP contribution in [0.5, 0.6) is 0 Å². The van der Waals surface area contributed by atoms with Crippen molar-refractivity contribution >= 4 is 5.91 Å². The Labute approximate surface area is 134 Å². The van der Waals surface area contributed by atoms with E-state index in [2.05, 4.69) is 22.4 Å². The predicted molar refractivity (Wildman–Crippen MR) is 82.1 cm³/mol. The van der Waals surface area contributed by atoms with Crippen molar-refractivity contribution < 1.29 is 9.18 Å². The van der Waals surface area contributed by atoms with Crippen LogP contribution in [0.1, 0.15) is 24.4 Å². The van der Waals surface area contributed by atoms with E-state index < -0.39 is 0 Å². The van der Waals surface area contributed by atoms with E-state index in [0.29, 0.717) is 31.0 Å². The van der Waals surface area contributed by atoms with Gasteiger partial charge in [-0.1, -0.05) is 18.2 Å². The SMILES string of the molecule is N#CN1CCC(CNC(=O)C2CC(c3ccccc3F)NN2)C1. The van der Waals surface area contributed by atoms with Crippen LogP contribution in [0.2, 0.25) is 0 Å². The molecule has 23 heavy (non-hydrogen) atoms. The third kappa shape index (κ3) is 3.60. The first kappa shape index (κ1) is 15.7. The van der Waals surface area contributed by atoms with E-state index in [4.69, 9.17) is 5.26 Å². The lowest BCUT2D eigenvalue weighted by molar-refractivity contribution is -0.123. The number of likely N-dealkylation sites (tertiary alicyclic amines) is 1. The van der Waals surface area contributed by atoms with Crippen molar-refractivity contribution in [3.8, 4) is 6.19 Å². The molecule has 2 aliphatic heterocycles. The van der Waals surface area contributed by atoms with Crippen LogP contribution in [-0.4, -0.2) is 36.5 Å². The van der Waals surface area contributed by atoms with E-state index in [9.17, 15) is 9.18 Å². The number of rotatable bonds is 4. The van der Waals surface area contributed by atoms with Gasteiger partial charge in [0, 0.05) is 25.2 Å². The third-order valence-electron chi connectivity index (χ3n) is 4.49. The number of carbonyl (C=O) groups is 1. The van der Waals surface area contributed by atoms with Gasteiger partial charge in [-0.3, -0.25) is 4.79 Å². The van der Waals surface area contributed by atoms with Gasteiger partial charge in [-0.05, 0) is 24.8 Å². The molecule has 0 spiro atoms. The fraction of sp³-hybridized carbons (Fsp3) is 0.500. The Kier molecular flexibility index (Phi) is 4.74. The lowest BCUT2D eigenvalue weighted by Gasteiger charge is -2.14. The summed E-state index contributed by atoms with van der Waals surface area (Å²) in [6.45, 7) is 2.03. The van der Waals surface area contributed by atoms with Crippen LogP contribution in [0.15, 0.2) is 24.3 Å². The lowest BCUT2D eigenvalue weighted by atomic mass is 10.0. The van der Waals surface area contributed by atoms with Gasteiger partial charge < -0.3 is 10.2 Å². The molecule has 0 aromatic heterocycles. The van der Waals surface area contributed by atoms with Crippen molar-refractivity contribution in [3.05, 3.63) is 35.6 Å². The quantitative estimate of drug-likeness (QED) is 0.711. The average Bonchev–Trinajstić information content (AvgIpc) is 3.22. The maximum atomic E-state index is 13.8. The molecule has 3 atom stereocenters. The van der Waals surface area contributed by atoms with Crippen LogP contribution in [-0.2, 0) is 4.79 Å². The van der Waals surface area contributed by atoms with Crippen LogP contribution in [0.4, 0.5) is 4.39 Å². The summed E-state index contributed by atoms with van der Waals surface area (Å²) < 4.78 is 13.8. The summed E-state index contributed by atoms with van der Waals surface area (Å²) in [5.41, 5.74) is 6.49. The summed E-state index contributed by atoms with van der Waals surface area (Å²) in [5, 5.41) is 11.8. The smallest absolute Gasteiger partial charge is 0.238 e. The number of hydrogen-bond donors (Lipinski definition) is 3. The topological polar surface area (TPSA) is 80.2 Å². The van der Waals surface area contributed by atoms with Crippen LogP contribution >= 0.6 is 0 Å². The molecule has 1 aromatic carbocycles. The second-order valence-electron chi connectivity index (χ2n) is 6.10. The van der Waals surface area contributed by atoms with Crippen molar-refractivity contribution in [2.75, 3.05) is 19.6 Å². The number of benzene rings is 1. The Morgan fingerprint density at radius 1 is 1.43 bits per heavy atom. The van der Waals surface area contributed by atoms with E-state index in [1.54, 1.807) is 23.1 Å². The van der Waals surface area contributed by atoms with Gasteiger partial charge >= 0.3 is 0 Å². The minimum Gasteiger partial charge on any atom is -0.354 e. The van der Waals surface area contributed by atoms with E-state index in [1.165, 1.54) is 6.07 Å². The first-order chi connectivity index (χ1) is 11.2. The number of nitrogens with one attached hydrogen (secondary N) is 3. The van der Waals surface area contributed by atoms with Crippen molar-refractivity contribution in [3.63, 3.8) is 0 Å². The van der Waals surface area contributed by atoms with Crippen molar-refractivity contribution in [1.82, 2.24) is 21.1 Å². The molecule has 1 amide bonds. The first-order valence-electron chi connectivity index (χ1n) is 7.85. The molecule has 1 aromatic rings. The number of carbonyl (C=O) groups excluding carboxylic acids is 1. The zero-order valence-electron chi connectivity index (χ0n) is 12.8. The van der Waals surface area contributed by atoms with E-state index in [0.717, 1.165) is 13.0 Å². The molecule has 3 N–H and O–H groups in total. The molecular formula is C16H20FN5O. The highest BCUT2D eigenvalue weighted by Gasteiger charge is 2.32. The van der Waals surface area contributed by atoms with Gasteiger partial charge in [0.1, 0.15) is 11.9 Å². The fourth-order valence-corrected chi connectivity index (χ4v) is 3.15. The summed E-state index contributed by atoms with van der Waals surface area (Å²) >= 11 is 0. The molecule has 0 radical (unpaired) electrons. The van der Waals surface area contributed by atoms with Crippen LogP contribution in [0, 0.1) is 23.2 Å². The Balaban J connectivity index is 1.48. The zero-order valence-corrected chi connectivity index (χ0v) is 12.8. The highest BCUT2D eigenvalue weighted by Crippen LogP contribution is 2.24. The molecule has 6 nitrogen and oxygen atoms in total.